The Morgan fingerprint density at radius 1 is 1.12 bits per heavy atom. The third-order valence-corrected chi connectivity index (χ3v) is 5.93. The number of unbranched alkanes of at least 4 members (excludes halogenated alkanes) is 1. The maximum atomic E-state index is 11.0. The van der Waals surface area contributed by atoms with E-state index in [1.807, 2.05) is 24.3 Å². The smallest absolute Gasteiger partial charge is 0.306 e. The molecule has 0 aliphatic heterocycles. The van der Waals surface area contributed by atoms with Crippen molar-refractivity contribution < 1.29 is 14.6 Å². The summed E-state index contributed by atoms with van der Waals surface area (Å²) in [7, 11) is 0. The summed E-state index contributed by atoms with van der Waals surface area (Å²) in [4.78, 5) is 13.5. The SMILES string of the molecule is CCN(CC)CCCNC/C(=C/CCCC(C)C(=O)O)COc1cccc2ccccc12. The average Bonchev–Trinajstić information content (AvgIpc) is 2.81. The van der Waals surface area contributed by atoms with E-state index in [1.165, 1.54) is 11.0 Å². The predicted octanol–water partition coefficient (Wildman–Crippen LogP) is 5.36. The summed E-state index contributed by atoms with van der Waals surface area (Å²) in [5.41, 5.74) is 1.21. The molecule has 0 radical (unpaired) electrons. The summed E-state index contributed by atoms with van der Waals surface area (Å²) in [5, 5.41) is 14.9. The summed E-state index contributed by atoms with van der Waals surface area (Å²) in [6.07, 6.45) is 5.77. The standard InChI is InChI=1S/C27H40N2O3/c1-4-29(5-2)19-11-18-28-20-23(13-7-6-12-22(3)27(30)31)21-32-26-17-10-15-24-14-8-9-16-25(24)26/h8-10,13-17,22,28H,4-7,11-12,18-21H2,1-3H3,(H,30,31)/b23-13-. The van der Waals surface area contributed by atoms with Crippen LogP contribution in [-0.2, 0) is 4.79 Å². The average molecular weight is 441 g/mol. The molecule has 0 saturated carbocycles. The third kappa shape index (κ3) is 9.01. The van der Waals surface area contributed by atoms with Crippen molar-refractivity contribution in [2.75, 3.05) is 39.3 Å². The van der Waals surface area contributed by atoms with Gasteiger partial charge < -0.3 is 20.1 Å². The fourth-order valence-corrected chi connectivity index (χ4v) is 3.74. The molecule has 176 valence electrons. The van der Waals surface area contributed by atoms with Gasteiger partial charge in [0, 0.05) is 11.9 Å². The van der Waals surface area contributed by atoms with Crippen LogP contribution >= 0.6 is 0 Å². The van der Waals surface area contributed by atoms with Crippen molar-refractivity contribution >= 4 is 16.7 Å². The highest BCUT2D eigenvalue weighted by atomic mass is 16.5. The van der Waals surface area contributed by atoms with Crippen LogP contribution in [0.3, 0.4) is 0 Å². The van der Waals surface area contributed by atoms with Crippen LogP contribution < -0.4 is 10.1 Å². The van der Waals surface area contributed by atoms with Crippen LogP contribution in [0.15, 0.2) is 54.1 Å². The zero-order valence-electron chi connectivity index (χ0n) is 20.0. The van der Waals surface area contributed by atoms with Gasteiger partial charge >= 0.3 is 5.97 Å². The Balaban J connectivity index is 1.91. The molecule has 1 unspecified atom stereocenters. The molecule has 0 aliphatic carbocycles. The number of aliphatic carboxylic acids is 1. The van der Waals surface area contributed by atoms with E-state index in [2.05, 4.69) is 48.3 Å². The van der Waals surface area contributed by atoms with Crippen molar-refractivity contribution in [2.45, 2.75) is 46.5 Å². The fourth-order valence-electron chi connectivity index (χ4n) is 3.74. The first-order chi connectivity index (χ1) is 15.5. The molecule has 0 aliphatic rings. The van der Waals surface area contributed by atoms with Gasteiger partial charge in [-0.05, 0) is 68.9 Å². The number of allylic oxidation sites excluding steroid dienone is 1. The van der Waals surface area contributed by atoms with E-state index in [0.717, 1.165) is 63.1 Å². The van der Waals surface area contributed by atoms with E-state index >= 15 is 0 Å². The molecule has 0 fully saturated rings. The summed E-state index contributed by atoms with van der Waals surface area (Å²) >= 11 is 0. The number of carbonyl (C=O) groups is 1. The van der Waals surface area contributed by atoms with E-state index in [-0.39, 0.29) is 5.92 Å². The first kappa shape index (κ1) is 25.9. The van der Waals surface area contributed by atoms with Gasteiger partial charge in [0.05, 0.1) is 5.92 Å². The number of ether oxygens (including phenoxy) is 1. The number of carboxylic acids is 1. The molecule has 5 nitrogen and oxygen atoms in total. The molecule has 2 N–H and O–H groups in total. The lowest BCUT2D eigenvalue weighted by atomic mass is 10.0. The Kier molecular flexibility index (Phi) is 11.8. The molecule has 5 heteroatoms. The van der Waals surface area contributed by atoms with Gasteiger partial charge in [0.25, 0.3) is 0 Å². The number of hydrogen-bond acceptors (Lipinski definition) is 4. The van der Waals surface area contributed by atoms with Gasteiger partial charge in [-0.1, -0.05) is 63.2 Å². The minimum atomic E-state index is -0.719. The predicted molar refractivity (Wildman–Crippen MR) is 133 cm³/mol. The molecule has 0 amide bonds. The van der Waals surface area contributed by atoms with E-state index in [4.69, 9.17) is 9.84 Å². The molecule has 0 saturated heterocycles. The molecule has 0 bridgehead atoms. The van der Waals surface area contributed by atoms with Crippen LogP contribution in [0.4, 0.5) is 0 Å². The highest BCUT2D eigenvalue weighted by molar-refractivity contribution is 5.88. The molecule has 2 rings (SSSR count). The monoisotopic (exact) mass is 440 g/mol. The second-order valence-corrected chi connectivity index (χ2v) is 8.36. The Morgan fingerprint density at radius 3 is 2.62 bits per heavy atom. The van der Waals surface area contributed by atoms with Crippen molar-refractivity contribution in [3.05, 3.63) is 54.1 Å². The lowest BCUT2D eigenvalue weighted by Crippen LogP contribution is -2.28. The first-order valence-electron chi connectivity index (χ1n) is 12.0. The second kappa shape index (κ2) is 14.6. The van der Waals surface area contributed by atoms with Gasteiger partial charge in [-0.15, -0.1) is 0 Å². The van der Waals surface area contributed by atoms with Crippen LogP contribution in [-0.4, -0.2) is 55.3 Å². The first-order valence-corrected chi connectivity index (χ1v) is 12.0. The van der Waals surface area contributed by atoms with Crippen molar-refractivity contribution in [1.29, 1.82) is 0 Å². The van der Waals surface area contributed by atoms with E-state index in [0.29, 0.717) is 13.0 Å². The molecular formula is C27H40N2O3. The van der Waals surface area contributed by atoms with Crippen molar-refractivity contribution in [1.82, 2.24) is 10.2 Å². The minimum Gasteiger partial charge on any atom is -0.489 e. The molecule has 0 heterocycles. The molecule has 2 aromatic carbocycles. The highest BCUT2D eigenvalue weighted by Gasteiger charge is 2.10. The number of rotatable bonds is 16. The maximum absolute atomic E-state index is 11.0. The van der Waals surface area contributed by atoms with E-state index in [9.17, 15) is 4.79 Å². The Labute approximate surface area is 193 Å². The number of carboxylic acid groups (broad SMARTS) is 1. The van der Waals surface area contributed by atoms with Gasteiger partial charge in [0.1, 0.15) is 12.4 Å². The Morgan fingerprint density at radius 2 is 1.88 bits per heavy atom. The van der Waals surface area contributed by atoms with E-state index in [1.54, 1.807) is 6.92 Å². The molecule has 1 atom stereocenters. The Hall–Kier alpha value is -2.37. The van der Waals surface area contributed by atoms with Crippen LogP contribution in [0.25, 0.3) is 10.8 Å². The van der Waals surface area contributed by atoms with Crippen LogP contribution in [0, 0.1) is 5.92 Å². The zero-order chi connectivity index (χ0) is 23.2. The maximum Gasteiger partial charge on any atom is 0.306 e. The molecule has 0 spiro atoms. The number of fused-ring (bicyclic) bond motifs is 1. The number of nitrogens with one attached hydrogen (secondary N) is 1. The summed E-state index contributed by atoms with van der Waals surface area (Å²) in [6.45, 7) is 11.8. The lowest BCUT2D eigenvalue weighted by Gasteiger charge is -2.18. The number of nitrogens with zero attached hydrogens (tertiary/aromatic N) is 1. The van der Waals surface area contributed by atoms with Gasteiger partial charge in [0.2, 0.25) is 0 Å². The minimum absolute atomic E-state index is 0.294. The normalized spacial score (nSPS) is 12.9. The van der Waals surface area contributed by atoms with Gasteiger partial charge in [-0.25, -0.2) is 0 Å². The third-order valence-electron chi connectivity index (χ3n) is 5.93. The number of hydrogen-bond donors (Lipinski definition) is 2. The van der Waals surface area contributed by atoms with Crippen molar-refractivity contribution in [3.8, 4) is 5.75 Å². The van der Waals surface area contributed by atoms with Crippen LogP contribution in [0.1, 0.15) is 46.5 Å². The van der Waals surface area contributed by atoms with Crippen molar-refractivity contribution in [2.24, 2.45) is 5.92 Å². The van der Waals surface area contributed by atoms with Crippen LogP contribution in [0.5, 0.6) is 5.75 Å². The highest BCUT2D eigenvalue weighted by Crippen LogP contribution is 2.25. The van der Waals surface area contributed by atoms with Gasteiger partial charge in [-0.2, -0.15) is 0 Å². The van der Waals surface area contributed by atoms with E-state index < -0.39 is 5.97 Å². The largest absolute Gasteiger partial charge is 0.489 e. The lowest BCUT2D eigenvalue weighted by molar-refractivity contribution is -0.141. The van der Waals surface area contributed by atoms with Gasteiger partial charge in [0.15, 0.2) is 0 Å². The quantitative estimate of drug-likeness (QED) is 0.272. The molecule has 0 aromatic heterocycles. The topological polar surface area (TPSA) is 61.8 Å². The van der Waals surface area contributed by atoms with Gasteiger partial charge in [-0.3, -0.25) is 4.79 Å². The molecule has 32 heavy (non-hydrogen) atoms. The fraction of sp³-hybridized carbons (Fsp3) is 0.519. The van der Waals surface area contributed by atoms with Crippen LogP contribution in [0.2, 0.25) is 0 Å². The number of benzene rings is 2. The second-order valence-electron chi connectivity index (χ2n) is 8.36. The summed E-state index contributed by atoms with van der Waals surface area (Å²) in [6, 6.07) is 14.4. The molecular weight excluding hydrogens is 400 g/mol. The summed E-state index contributed by atoms with van der Waals surface area (Å²) in [5.74, 6) is -0.115. The zero-order valence-corrected chi connectivity index (χ0v) is 20.0. The summed E-state index contributed by atoms with van der Waals surface area (Å²) < 4.78 is 6.22. The van der Waals surface area contributed by atoms with Crippen molar-refractivity contribution in [3.63, 3.8) is 0 Å². The molecule has 2 aromatic rings. The Bertz CT molecular complexity index is 840.